The van der Waals surface area contributed by atoms with Crippen LogP contribution in [0.15, 0.2) is 48.5 Å². The van der Waals surface area contributed by atoms with Crippen LogP contribution in [0.25, 0.3) is 0 Å². The Morgan fingerprint density at radius 2 is 1.78 bits per heavy atom. The van der Waals surface area contributed by atoms with E-state index in [-0.39, 0.29) is 0 Å². The molecular formula is C17H21N. The quantitative estimate of drug-likeness (QED) is 0.786. The Morgan fingerprint density at radius 3 is 2.56 bits per heavy atom. The molecule has 1 heteroatoms. The normalized spacial score (nSPS) is 10.6. The van der Waals surface area contributed by atoms with Crippen molar-refractivity contribution in [3.8, 4) is 0 Å². The summed E-state index contributed by atoms with van der Waals surface area (Å²) in [5.41, 5.74) is 5.50. The van der Waals surface area contributed by atoms with Gasteiger partial charge < -0.3 is 5.32 Å². The molecule has 0 aromatic heterocycles. The Labute approximate surface area is 110 Å². The molecule has 1 nitrogen and oxygen atoms in total. The second-order valence-electron chi connectivity index (χ2n) is 4.84. The number of hydrogen-bond donors (Lipinski definition) is 1. The summed E-state index contributed by atoms with van der Waals surface area (Å²) in [5.74, 6) is 0. The average Bonchev–Trinajstić information content (AvgIpc) is 2.37. The molecular weight excluding hydrogens is 218 g/mol. The summed E-state index contributed by atoms with van der Waals surface area (Å²) in [7, 11) is 0. The highest BCUT2D eigenvalue weighted by atomic mass is 14.8. The number of hydrogen-bond acceptors (Lipinski definition) is 1. The molecule has 2 aromatic rings. The fraction of sp³-hybridized carbons (Fsp3) is 0.294. The third-order valence-electron chi connectivity index (χ3n) is 3.25. The number of aryl methyl sites for hydroxylation is 2. The lowest BCUT2D eigenvalue weighted by Gasteiger charge is -2.08. The smallest absolute Gasteiger partial charge is 0.0208 e. The van der Waals surface area contributed by atoms with Gasteiger partial charge in [-0.1, -0.05) is 54.1 Å². The van der Waals surface area contributed by atoms with Gasteiger partial charge >= 0.3 is 0 Å². The summed E-state index contributed by atoms with van der Waals surface area (Å²) in [5, 5.41) is 3.51. The summed E-state index contributed by atoms with van der Waals surface area (Å²) < 4.78 is 0. The van der Waals surface area contributed by atoms with E-state index in [1.807, 2.05) is 0 Å². The van der Waals surface area contributed by atoms with Crippen LogP contribution >= 0.6 is 0 Å². The second-order valence-corrected chi connectivity index (χ2v) is 4.84. The van der Waals surface area contributed by atoms with Crippen molar-refractivity contribution < 1.29 is 0 Å². The fourth-order valence-corrected chi connectivity index (χ4v) is 2.13. The second kappa shape index (κ2) is 6.36. The van der Waals surface area contributed by atoms with E-state index in [2.05, 4.69) is 67.7 Å². The van der Waals surface area contributed by atoms with Gasteiger partial charge in [0.25, 0.3) is 0 Å². The predicted molar refractivity (Wildman–Crippen MR) is 77.8 cm³/mol. The molecule has 1 N–H and O–H groups in total. The first-order valence-corrected chi connectivity index (χ1v) is 6.56. The summed E-state index contributed by atoms with van der Waals surface area (Å²) in [4.78, 5) is 0. The lowest BCUT2D eigenvalue weighted by molar-refractivity contribution is 0.684. The molecule has 0 unspecified atom stereocenters. The van der Waals surface area contributed by atoms with Crippen molar-refractivity contribution in [3.63, 3.8) is 0 Å². The van der Waals surface area contributed by atoms with Gasteiger partial charge in [0.15, 0.2) is 0 Å². The van der Waals surface area contributed by atoms with Crippen LogP contribution in [-0.4, -0.2) is 6.54 Å². The largest absolute Gasteiger partial charge is 0.312 e. The molecule has 94 valence electrons. The maximum absolute atomic E-state index is 3.51. The number of nitrogens with one attached hydrogen (secondary N) is 1. The van der Waals surface area contributed by atoms with Crippen molar-refractivity contribution in [2.75, 3.05) is 6.54 Å². The van der Waals surface area contributed by atoms with Gasteiger partial charge in [-0.2, -0.15) is 0 Å². The van der Waals surface area contributed by atoms with E-state index < -0.39 is 0 Å². The van der Waals surface area contributed by atoms with E-state index in [0.717, 1.165) is 19.5 Å². The fourth-order valence-electron chi connectivity index (χ4n) is 2.13. The van der Waals surface area contributed by atoms with E-state index in [1.165, 1.54) is 22.3 Å². The van der Waals surface area contributed by atoms with Crippen molar-refractivity contribution in [1.82, 2.24) is 5.32 Å². The van der Waals surface area contributed by atoms with E-state index in [0.29, 0.717) is 0 Å². The minimum atomic E-state index is 0.957. The van der Waals surface area contributed by atoms with Gasteiger partial charge in [0, 0.05) is 6.54 Å². The number of benzene rings is 2. The molecule has 0 aliphatic heterocycles. The van der Waals surface area contributed by atoms with Crippen molar-refractivity contribution in [2.24, 2.45) is 0 Å². The van der Waals surface area contributed by atoms with Gasteiger partial charge in [-0.3, -0.25) is 0 Å². The number of rotatable bonds is 5. The standard InChI is InChI=1S/C17H21N/c1-14-6-5-8-16(12-14)10-11-18-13-17-9-4-3-7-15(17)2/h3-9,12,18H,10-11,13H2,1-2H3. The van der Waals surface area contributed by atoms with Crippen LogP contribution in [0.5, 0.6) is 0 Å². The van der Waals surface area contributed by atoms with Gasteiger partial charge in [0.05, 0.1) is 0 Å². The molecule has 0 fully saturated rings. The third-order valence-corrected chi connectivity index (χ3v) is 3.25. The highest BCUT2D eigenvalue weighted by Crippen LogP contribution is 2.07. The molecule has 18 heavy (non-hydrogen) atoms. The van der Waals surface area contributed by atoms with Crippen molar-refractivity contribution in [1.29, 1.82) is 0 Å². The van der Waals surface area contributed by atoms with Gasteiger partial charge in [-0.15, -0.1) is 0 Å². The van der Waals surface area contributed by atoms with Crippen LogP contribution in [-0.2, 0) is 13.0 Å². The Morgan fingerprint density at radius 1 is 0.944 bits per heavy atom. The Bertz CT molecular complexity index is 502. The molecule has 0 heterocycles. The van der Waals surface area contributed by atoms with Crippen molar-refractivity contribution >= 4 is 0 Å². The maximum Gasteiger partial charge on any atom is 0.0208 e. The lowest BCUT2D eigenvalue weighted by atomic mass is 10.1. The van der Waals surface area contributed by atoms with E-state index in [4.69, 9.17) is 0 Å². The zero-order chi connectivity index (χ0) is 12.8. The first kappa shape index (κ1) is 12.8. The SMILES string of the molecule is Cc1cccc(CCNCc2ccccc2C)c1. The van der Waals surface area contributed by atoms with Gasteiger partial charge in [0.2, 0.25) is 0 Å². The summed E-state index contributed by atoms with van der Waals surface area (Å²) in [6.07, 6.45) is 1.09. The van der Waals surface area contributed by atoms with Crippen molar-refractivity contribution in [3.05, 3.63) is 70.8 Å². The van der Waals surface area contributed by atoms with Crippen LogP contribution in [0.3, 0.4) is 0 Å². The van der Waals surface area contributed by atoms with E-state index >= 15 is 0 Å². The molecule has 2 aromatic carbocycles. The highest BCUT2D eigenvalue weighted by Gasteiger charge is 1.97. The molecule has 0 radical (unpaired) electrons. The first-order valence-electron chi connectivity index (χ1n) is 6.56. The Hall–Kier alpha value is -1.60. The zero-order valence-electron chi connectivity index (χ0n) is 11.2. The Balaban J connectivity index is 1.78. The Kier molecular flexibility index (Phi) is 4.54. The molecule has 0 aliphatic carbocycles. The van der Waals surface area contributed by atoms with Crippen LogP contribution in [0.4, 0.5) is 0 Å². The molecule has 0 amide bonds. The summed E-state index contributed by atoms with van der Waals surface area (Å²) in [6.45, 7) is 6.29. The molecule has 2 rings (SSSR count). The van der Waals surface area contributed by atoms with Crippen LogP contribution < -0.4 is 5.32 Å². The average molecular weight is 239 g/mol. The zero-order valence-corrected chi connectivity index (χ0v) is 11.2. The minimum Gasteiger partial charge on any atom is -0.312 e. The van der Waals surface area contributed by atoms with Gasteiger partial charge in [0.1, 0.15) is 0 Å². The van der Waals surface area contributed by atoms with Crippen LogP contribution in [0.2, 0.25) is 0 Å². The van der Waals surface area contributed by atoms with E-state index in [9.17, 15) is 0 Å². The minimum absolute atomic E-state index is 0.957. The first-order chi connectivity index (χ1) is 8.75. The molecule has 0 bridgehead atoms. The molecule has 0 atom stereocenters. The molecule has 0 aliphatic rings. The molecule has 0 saturated heterocycles. The monoisotopic (exact) mass is 239 g/mol. The van der Waals surface area contributed by atoms with Gasteiger partial charge in [-0.05, 0) is 43.5 Å². The van der Waals surface area contributed by atoms with Crippen LogP contribution in [0.1, 0.15) is 22.3 Å². The summed E-state index contributed by atoms with van der Waals surface area (Å²) in [6, 6.07) is 17.3. The van der Waals surface area contributed by atoms with Crippen LogP contribution in [0, 0.1) is 13.8 Å². The molecule has 0 saturated carbocycles. The topological polar surface area (TPSA) is 12.0 Å². The van der Waals surface area contributed by atoms with Crippen molar-refractivity contribution in [2.45, 2.75) is 26.8 Å². The lowest BCUT2D eigenvalue weighted by Crippen LogP contribution is -2.17. The molecule has 0 spiro atoms. The third kappa shape index (κ3) is 3.71. The highest BCUT2D eigenvalue weighted by molar-refractivity contribution is 5.25. The maximum atomic E-state index is 3.51. The summed E-state index contributed by atoms with van der Waals surface area (Å²) >= 11 is 0. The van der Waals surface area contributed by atoms with Gasteiger partial charge in [-0.25, -0.2) is 0 Å². The predicted octanol–water partition coefficient (Wildman–Crippen LogP) is 3.64. The van der Waals surface area contributed by atoms with E-state index in [1.54, 1.807) is 0 Å².